The lowest BCUT2D eigenvalue weighted by molar-refractivity contribution is -0.384. The number of nitrogens with two attached hydrogens (primary N) is 1. The molecule has 0 aromatic carbocycles. The van der Waals surface area contributed by atoms with Crippen LogP contribution in [0.25, 0.3) is 11.3 Å². The Hall–Kier alpha value is -2.70. The quantitative estimate of drug-likeness (QED) is 0.652. The van der Waals surface area contributed by atoms with Crippen molar-refractivity contribution in [2.45, 2.75) is 0 Å². The number of anilines is 1. The number of hydrogen-bond acceptors (Lipinski definition) is 6. The number of hydrogen-bond donors (Lipinski definition) is 1. The van der Waals surface area contributed by atoms with Crippen LogP contribution in [0.5, 0.6) is 5.88 Å². The summed E-state index contributed by atoms with van der Waals surface area (Å²) in [6.07, 6.45) is 1.45. The summed E-state index contributed by atoms with van der Waals surface area (Å²) in [5.41, 5.74) is 6.13. The lowest BCUT2D eigenvalue weighted by Gasteiger charge is -2.04. The van der Waals surface area contributed by atoms with Crippen molar-refractivity contribution in [2.24, 2.45) is 0 Å². The fourth-order valence-electron chi connectivity index (χ4n) is 1.47. The number of aromatic nitrogens is 2. The zero-order valence-electron chi connectivity index (χ0n) is 9.53. The summed E-state index contributed by atoms with van der Waals surface area (Å²) < 4.78 is 4.92. The number of rotatable bonds is 3. The largest absolute Gasteiger partial charge is 0.481 e. The van der Waals surface area contributed by atoms with Crippen LogP contribution in [0.3, 0.4) is 0 Å². The smallest absolute Gasteiger partial charge is 0.295 e. The van der Waals surface area contributed by atoms with Crippen LogP contribution in [0.15, 0.2) is 30.5 Å². The second kappa shape index (κ2) is 4.66. The lowest BCUT2D eigenvalue weighted by atomic mass is 10.1. The Balaban J connectivity index is 2.54. The van der Waals surface area contributed by atoms with Gasteiger partial charge in [-0.2, -0.15) is 0 Å². The molecular formula is C11H10N4O3. The average molecular weight is 246 g/mol. The maximum atomic E-state index is 10.9. The summed E-state index contributed by atoms with van der Waals surface area (Å²) in [5.74, 6) is 0.636. The molecule has 0 bridgehead atoms. The number of nitrogen functional groups attached to an aromatic ring is 1. The minimum Gasteiger partial charge on any atom is -0.481 e. The normalized spacial score (nSPS) is 10.1. The maximum absolute atomic E-state index is 10.9. The first-order chi connectivity index (χ1) is 8.61. The van der Waals surface area contributed by atoms with E-state index in [9.17, 15) is 10.1 Å². The van der Waals surface area contributed by atoms with Gasteiger partial charge in [0.1, 0.15) is 5.82 Å². The van der Waals surface area contributed by atoms with Crippen LogP contribution in [-0.4, -0.2) is 22.0 Å². The maximum Gasteiger partial charge on any atom is 0.295 e. The Morgan fingerprint density at radius 3 is 2.67 bits per heavy atom. The molecule has 7 nitrogen and oxygen atoms in total. The monoisotopic (exact) mass is 246 g/mol. The highest BCUT2D eigenvalue weighted by Gasteiger charge is 2.17. The van der Waals surface area contributed by atoms with E-state index >= 15 is 0 Å². The first kappa shape index (κ1) is 11.8. The predicted molar refractivity (Wildman–Crippen MR) is 65.1 cm³/mol. The molecule has 7 heteroatoms. The van der Waals surface area contributed by atoms with Gasteiger partial charge in [-0.25, -0.2) is 9.97 Å². The highest BCUT2D eigenvalue weighted by molar-refractivity contribution is 5.70. The van der Waals surface area contributed by atoms with Crippen molar-refractivity contribution in [1.29, 1.82) is 0 Å². The van der Waals surface area contributed by atoms with Crippen molar-refractivity contribution in [3.8, 4) is 17.1 Å². The molecule has 0 unspecified atom stereocenters. The molecule has 2 rings (SSSR count). The van der Waals surface area contributed by atoms with Crippen LogP contribution in [-0.2, 0) is 0 Å². The van der Waals surface area contributed by atoms with Gasteiger partial charge in [-0.15, -0.1) is 0 Å². The molecular weight excluding hydrogens is 236 g/mol. The van der Waals surface area contributed by atoms with E-state index in [1.807, 2.05) is 0 Å². The van der Waals surface area contributed by atoms with Gasteiger partial charge in [0.15, 0.2) is 5.69 Å². The molecule has 0 fully saturated rings. The van der Waals surface area contributed by atoms with Gasteiger partial charge < -0.3 is 10.5 Å². The Labute approximate surface area is 102 Å². The summed E-state index contributed by atoms with van der Waals surface area (Å²) in [6.45, 7) is 0. The fraction of sp³-hybridized carbons (Fsp3) is 0.0909. The molecule has 2 heterocycles. The van der Waals surface area contributed by atoms with Crippen molar-refractivity contribution in [2.75, 3.05) is 12.8 Å². The van der Waals surface area contributed by atoms with Crippen molar-refractivity contribution in [1.82, 2.24) is 9.97 Å². The van der Waals surface area contributed by atoms with E-state index in [1.165, 1.54) is 25.4 Å². The molecule has 18 heavy (non-hydrogen) atoms. The molecule has 0 saturated carbocycles. The predicted octanol–water partition coefficient (Wildman–Crippen LogP) is 1.64. The molecule has 0 amide bonds. The zero-order chi connectivity index (χ0) is 13.1. The summed E-state index contributed by atoms with van der Waals surface area (Å²) in [7, 11) is 1.49. The van der Waals surface area contributed by atoms with E-state index < -0.39 is 4.92 Å². The highest BCUT2D eigenvalue weighted by Crippen LogP contribution is 2.28. The van der Waals surface area contributed by atoms with Gasteiger partial charge in [-0.05, 0) is 12.1 Å². The third-order valence-corrected chi connectivity index (χ3v) is 2.31. The SMILES string of the molecule is COc1ccc(-c2nc(N)ccc2[N+](=O)[O-])cn1. The average Bonchev–Trinajstić information content (AvgIpc) is 2.38. The molecule has 0 aliphatic carbocycles. The topological polar surface area (TPSA) is 104 Å². The summed E-state index contributed by atoms with van der Waals surface area (Å²) in [5, 5.41) is 10.9. The van der Waals surface area contributed by atoms with E-state index in [1.54, 1.807) is 12.1 Å². The van der Waals surface area contributed by atoms with Crippen LogP contribution in [0.2, 0.25) is 0 Å². The van der Waals surface area contributed by atoms with Crippen LogP contribution < -0.4 is 10.5 Å². The number of nitrogens with zero attached hydrogens (tertiary/aromatic N) is 3. The second-order valence-electron chi connectivity index (χ2n) is 3.45. The zero-order valence-corrected chi connectivity index (χ0v) is 9.53. The van der Waals surface area contributed by atoms with E-state index in [-0.39, 0.29) is 17.2 Å². The Morgan fingerprint density at radius 2 is 2.11 bits per heavy atom. The van der Waals surface area contributed by atoms with Crippen molar-refractivity contribution < 1.29 is 9.66 Å². The summed E-state index contributed by atoms with van der Waals surface area (Å²) in [4.78, 5) is 18.4. The third kappa shape index (κ3) is 2.19. The first-order valence-electron chi connectivity index (χ1n) is 5.03. The Bertz CT molecular complexity index is 583. The molecule has 92 valence electrons. The fourth-order valence-corrected chi connectivity index (χ4v) is 1.47. The van der Waals surface area contributed by atoms with Gasteiger partial charge in [-0.3, -0.25) is 10.1 Å². The van der Waals surface area contributed by atoms with Gasteiger partial charge >= 0.3 is 0 Å². The van der Waals surface area contributed by atoms with Gasteiger partial charge in [-0.1, -0.05) is 0 Å². The first-order valence-corrected chi connectivity index (χ1v) is 5.03. The Morgan fingerprint density at radius 1 is 1.33 bits per heavy atom. The van der Waals surface area contributed by atoms with E-state index in [4.69, 9.17) is 10.5 Å². The van der Waals surface area contributed by atoms with Crippen LogP contribution >= 0.6 is 0 Å². The van der Waals surface area contributed by atoms with E-state index in [0.717, 1.165) is 0 Å². The van der Waals surface area contributed by atoms with Crippen LogP contribution in [0, 0.1) is 10.1 Å². The van der Waals surface area contributed by atoms with Crippen molar-refractivity contribution in [3.63, 3.8) is 0 Å². The number of pyridine rings is 2. The molecule has 0 saturated heterocycles. The van der Waals surface area contributed by atoms with Crippen LogP contribution in [0.1, 0.15) is 0 Å². The Kier molecular flexibility index (Phi) is 3.05. The van der Waals surface area contributed by atoms with Gasteiger partial charge in [0, 0.05) is 23.9 Å². The third-order valence-electron chi connectivity index (χ3n) is 2.31. The molecule has 0 atom stereocenters. The molecule has 2 aromatic heterocycles. The van der Waals surface area contributed by atoms with Crippen LogP contribution in [0.4, 0.5) is 11.5 Å². The highest BCUT2D eigenvalue weighted by atomic mass is 16.6. The second-order valence-corrected chi connectivity index (χ2v) is 3.45. The minimum absolute atomic E-state index is 0.115. The number of nitro groups is 1. The van der Waals surface area contributed by atoms with Gasteiger partial charge in [0.25, 0.3) is 5.69 Å². The standard InChI is InChI=1S/C11H10N4O3/c1-18-10-5-2-7(6-13-10)11-8(15(16)17)3-4-9(12)14-11/h2-6H,1H3,(H2,12,14). The molecule has 0 aliphatic heterocycles. The molecule has 2 aromatic rings. The summed E-state index contributed by atoms with van der Waals surface area (Å²) in [6, 6.07) is 5.95. The van der Waals surface area contributed by atoms with Gasteiger partial charge in [0.2, 0.25) is 5.88 Å². The van der Waals surface area contributed by atoms with Crippen molar-refractivity contribution in [3.05, 3.63) is 40.6 Å². The number of ether oxygens (including phenoxy) is 1. The number of methoxy groups -OCH3 is 1. The lowest BCUT2D eigenvalue weighted by Crippen LogP contribution is -1.98. The molecule has 2 N–H and O–H groups in total. The van der Waals surface area contributed by atoms with Crippen molar-refractivity contribution >= 4 is 11.5 Å². The molecule has 0 radical (unpaired) electrons. The van der Waals surface area contributed by atoms with E-state index in [0.29, 0.717) is 11.4 Å². The molecule has 0 aliphatic rings. The minimum atomic E-state index is -0.508. The van der Waals surface area contributed by atoms with Gasteiger partial charge in [0.05, 0.1) is 12.0 Å². The van der Waals surface area contributed by atoms with E-state index in [2.05, 4.69) is 9.97 Å². The molecule has 0 spiro atoms. The summed E-state index contributed by atoms with van der Waals surface area (Å²) >= 11 is 0.